The molecule has 2 unspecified atom stereocenters. The highest BCUT2D eigenvalue weighted by atomic mass is 19.4. The van der Waals surface area contributed by atoms with Gasteiger partial charge in [-0.2, -0.15) is 13.2 Å². The van der Waals surface area contributed by atoms with E-state index in [9.17, 15) is 22.4 Å². The number of ether oxygens (including phenoxy) is 2. The number of carbonyl (C=O) groups is 1. The van der Waals surface area contributed by atoms with Crippen molar-refractivity contribution in [1.82, 2.24) is 0 Å². The van der Waals surface area contributed by atoms with Gasteiger partial charge in [-0.15, -0.1) is 0 Å². The first-order valence-corrected chi connectivity index (χ1v) is 9.18. The van der Waals surface area contributed by atoms with Crippen molar-refractivity contribution in [3.63, 3.8) is 0 Å². The summed E-state index contributed by atoms with van der Waals surface area (Å²) in [6.07, 6.45) is -4.89. The summed E-state index contributed by atoms with van der Waals surface area (Å²) >= 11 is 0. The third-order valence-corrected chi connectivity index (χ3v) is 4.52. The highest BCUT2D eigenvalue weighted by Gasteiger charge is 2.47. The lowest BCUT2D eigenvalue weighted by atomic mass is 9.78. The summed E-state index contributed by atoms with van der Waals surface area (Å²) in [5, 5.41) is 0. The van der Waals surface area contributed by atoms with Crippen LogP contribution in [0, 0.1) is 18.3 Å². The molecular weight excluding hydrogens is 404 g/mol. The van der Waals surface area contributed by atoms with Crippen molar-refractivity contribution in [2.45, 2.75) is 38.9 Å². The van der Waals surface area contributed by atoms with Gasteiger partial charge in [0, 0.05) is 7.11 Å². The number of halogens is 4. The molecule has 0 spiro atoms. The van der Waals surface area contributed by atoms with Crippen molar-refractivity contribution >= 4 is 11.7 Å². The monoisotopic (exact) mass is 426 g/mol. The molecular formula is C21H22F4N2O3. The van der Waals surface area contributed by atoms with E-state index in [0.29, 0.717) is 6.07 Å². The maximum atomic E-state index is 13.7. The Bertz CT molecular complexity index is 914. The highest BCUT2D eigenvalue weighted by Crippen LogP contribution is 2.43. The van der Waals surface area contributed by atoms with Gasteiger partial charge in [0.2, 0.25) is 0 Å². The van der Waals surface area contributed by atoms with Crippen molar-refractivity contribution in [3.8, 4) is 0 Å². The van der Waals surface area contributed by atoms with Crippen molar-refractivity contribution in [1.29, 1.82) is 0 Å². The van der Waals surface area contributed by atoms with Gasteiger partial charge >= 0.3 is 12.1 Å². The summed E-state index contributed by atoms with van der Waals surface area (Å²) in [6, 6.07) is 1.02. The average Bonchev–Trinajstić information content (AvgIpc) is 2.65. The third kappa shape index (κ3) is 5.05. The van der Waals surface area contributed by atoms with Crippen LogP contribution in [-0.2, 0) is 20.4 Å². The molecule has 30 heavy (non-hydrogen) atoms. The first kappa shape index (κ1) is 23.5. The SMILES string of the molecule is [C-]#[N+]C1C(C)=NC(COC)=C(C(=O)OCC(C)C)C1c1ccc(F)cc1C(F)(F)F. The van der Waals surface area contributed by atoms with Gasteiger partial charge in [-0.3, -0.25) is 4.99 Å². The Balaban J connectivity index is 2.76. The van der Waals surface area contributed by atoms with Crippen LogP contribution in [0.1, 0.15) is 37.8 Å². The Hall–Kier alpha value is -2.73. The lowest BCUT2D eigenvalue weighted by molar-refractivity contribution is -0.142. The second-order valence-corrected chi connectivity index (χ2v) is 7.32. The number of aliphatic imine (C=N–C) groups is 1. The van der Waals surface area contributed by atoms with Crippen molar-refractivity contribution < 1.29 is 31.8 Å². The molecule has 0 fully saturated rings. The van der Waals surface area contributed by atoms with Gasteiger partial charge in [0.15, 0.2) is 0 Å². The molecule has 9 heteroatoms. The van der Waals surface area contributed by atoms with Crippen LogP contribution in [0.5, 0.6) is 0 Å². The summed E-state index contributed by atoms with van der Waals surface area (Å²) in [4.78, 5) is 20.6. The van der Waals surface area contributed by atoms with E-state index in [0.717, 1.165) is 12.1 Å². The number of nitrogens with zero attached hydrogens (tertiary/aromatic N) is 2. The largest absolute Gasteiger partial charge is 0.462 e. The van der Waals surface area contributed by atoms with Gasteiger partial charge in [0.1, 0.15) is 5.82 Å². The minimum atomic E-state index is -4.89. The summed E-state index contributed by atoms with van der Waals surface area (Å²) in [5.74, 6) is -3.29. The molecule has 1 heterocycles. The second-order valence-electron chi connectivity index (χ2n) is 7.32. The van der Waals surface area contributed by atoms with E-state index in [1.54, 1.807) is 0 Å². The lowest BCUT2D eigenvalue weighted by Crippen LogP contribution is -2.35. The number of hydrogen-bond acceptors (Lipinski definition) is 4. The lowest BCUT2D eigenvalue weighted by Gasteiger charge is -2.29. The Morgan fingerprint density at radius 1 is 1.33 bits per heavy atom. The highest BCUT2D eigenvalue weighted by molar-refractivity contribution is 6.00. The molecule has 2 atom stereocenters. The number of methoxy groups -OCH3 is 1. The van der Waals surface area contributed by atoms with Gasteiger partial charge in [-0.05, 0) is 30.5 Å². The van der Waals surface area contributed by atoms with E-state index < -0.39 is 35.5 Å². The zero-order valence-corrected chi connectivity index (χ0v) is 17.0. The molecule has 1 aromatic rings. The topological polar surface area (TPSA) is 52.2 Å². The van der Waals surface area contributed by atoms with Gasteiger partial charge < -0.3 is 14.3 Å². The first-order valence-electron chi connectivity index (χ1n) is 9.18. The van der Waals surface area contributed by atoms with Crippen molar-refractivity contribution in [2.24, 2.45) is 10.9 Å². The molecule has 0 saturated heterocycles. The Morgan fingerprint density at radius 3 is 2.53 bits per heavy atom. The quantitative estimate of drug-likeness (QED) is 0.373. The number of benzene rings is 1. The molecule has 1 aliphatic rings. The molecule has 2 rings (SSSR count). The Morgan fingerprint density at radius 2 is 2.00 bits per heavy atom. The summed E-state index contributed by atoms with van der Waals surface area (Å²) in [5.41, 5.74) is -1.49. The molecule has 0 saturated carbocycles. The molecule has 1 aromatic carbocycles. The zero-order chi connectivity index (χ0) is 22.6. The van der Waals surface area contributed by atoms with Crippen LogP contribution >= 0.6 is 0 Å². The maximum absolute atomic E-state index is 13.7. The van der Waals surface area contributed by atoms with Gasteiger partial charge in [-0.25, -0.2) is 15.8 Å². The summed E-state index contributed by atoms with van der Waals surface area (Å²) < 4.78 is 65.1. The Kier molecular flexibility index (Phi) is 7.37. The molecule has 5 nitrogen and oxygen atoms in total. The number of rotatable bonds is 6. The fraction of sp³-hybridized carbons (Fsp3) is 0.476. The maximum Gasteiger partial charge on any atom is 0.416 e. The van der Waals surface area contributed by atoms with Crippen LogP contribution in [0.4, 0.5) is 17.6 Å². The summed E-state index contributed by atoms with van der Waals surface area (Å²) in [7, 11) is 1.35. The van der Waals surface area contributed by atoms with Crippen molar-refractivity contribution in [2.75, 3.05) is 20.3 Å². The molecule has 0 amide bonds. The first-order chi connectivity index (χ1) is 14.0. The molecule has 0 N–H and O–H groups in total. The minimum Gasteiger partial charge on any atom is -0.462 e. The van der Waals surface area contributed by atoms with Crippen LogP contribution in [0.3, 0.4) is 0 Å². The number of esters is 1. The molecule has 1 aliphatic heterocycles. The molecule has 0 radical (unpaired) electrons. The van der Waals surface area contributed by atoms with Crippen LogP contribution in [0.15, 0.2) is 34.5 Å². The smallest absolute Gasteiger partial charge is 0.416 e. The molecule has 0 bridgehead atoms. The fourth-order valence-electron chi connectivity index (χ4n) is 3.27. The van der Waals surface area contributed by atoms with Crippen LogP contribution in [0.25, 0.3) is 4.85 Å². The van der Waals surface area contributed by atoms with E-state index >= 15 is 0 Å². The minimum absolute atomic E-state index is 0.0130. The number of alkyl halides is 3. The van der Waals surface area contributed by atoms with Gasteiger partial charge in [-0.1, -0.05) is 19.9 Å². The van der Waals surface area contributed by atoms with E-state index in [1.165, 1.54) is 14.0 Å². The Labute approximate surface area is 172 Å². The normalized spacial score (nSPS) is 19.5. The molecule has 0 aromatic heterocycles. The zero-order valence-electron chi connectivity index (χ0n) is 17.0. The number of carbonyl (C=O) groups excluding carboxylic acids is 1. The van der Waals surface area contributed by atoms with E-state index in [1.807, 2.05) is 13.8 Å². The van der Waals surface area contributed by atoms with E-state index in [-0.39, 0.29) is 41.7 Å². The third-order valence-electron chi connectivity index (χ3n) is 4.52. The van der Waals surface area contributed by atoms with E-state index in [4.69, 9.17) is 16.0 Å². The van der Waals surface area contributed by atoms with E-state index in [2.05, 4.69) is 9.84 Å². The summed E-state index contributed by atoms with van der Waals surface area (Å²) in [6.45, 7) is 12.5. The fourth-order valence-corrected chi connectivity index (χ4v) is 3.27. The van der Waals surface area contributed by atoms with Crippen LogP contribution in [0.2, 0.25) is 0 Å². The number of hydrogen-bond donors (Lipinski definition) is 0. The molecule has 162 valence electrons. The van der Waals surface area contributed by atoms with Crippen LogP contribution < -0.4 is 0 Å². The van der Waals surface area contributed by atoms with Gasteiger partial charge in [0.25, 0.3) is 6.04 Å². The second kappa shape index (κ2) is 9.39. The standard InChI is InChI=1S/C21H22F4N2O3/c1-11(2)9-30-20(28)18-16(10-29-5)27-12(3)19(26-4)17(18)14-7-6-13(22)8-15(14)21(23,24)25/h6-8,11,17,19H,9-10H2,1-3,5H3. The predicted octanol–water partition coefficient (Wildman–Crippen LogP) is 4.79. The average molecular weight is 426 g/mol. The predicted molar refractivity (Wildman–Crippen MR) is 102 cm³/mol. The molecule has 0 aliphatic carbocycles. The van der Waals surface area contributed by atoms with Crippen LogP contribution in [-0.4, -0.2) is 38.0 Å². The van der Waals surface area contributed by atoms with Crippen molar-refractivity contribution in [3.05, 3.63) is 57.8 Å². The van der Waals surface area contributed by atoms with Gasteiger partial charge in [0.05, 0.1) is 41.7 Å².